The van der Waals surface area contributed by atoms with Crippen LogP contribution in [-0.4, -0.2) is 53.2 Å². The molecule has 30 heavy (non-hydrogen) atoms. The Hall–Kier alpha value is -2.79. The predicted molar refractivity (Wildman–Crippen MR) is 108 cm³/mol. The van der Waals surface area contributed by atoms with Crippen LogP contribution >= 0.6 is 0 Å². The van der Waals surface area contributed by atoms with E-state index in [0.29, 0.717) is 0 Å². The van der Waals surface area contributed by atoms with E-state index in [4.69, 9.17) is 10.5 Å². The van der Waals surface area contributed by atoms with Gasteiger partial charge in [-0.2, -0.15) is 5.10 Å². The first-order valence-electron chi connectivity index (χ1n) is 9.27. The molecule has 2 aliphatic rings. The average Bonchev–Trinajstić information content (AvgIpc) is 3.29. The van der Waals surface area contributed by atoms with Gasteiger partial charge in [0.15, 0.2) is 15.5 Å². The van der Waals surface area contributed by atoms with Gasteiger partial charge in [0.05, 0.1) is 13.2 Å². The van der Waals surface area contributed by atoms with Crippen LogP contribution in [0, 0.1) is 5.82 Å². The average molecular weight is 435 g/mol. The van der Waals surface area contributed by atoms with E-state index in [1.54, 1.807) is 19.3 Å². The summed E-state index contributed by atoms with van der Waals surface area (Å²) in [6.07, 6.45) is 1.62. The predicted octanol–water partition coefficient (Wildman–Crippen LogP) is 0.970. The van der Waals surface area contributed by atoms with Crippen molar-refractivity contribution < 1.29 is 22.3 Å². The summed E-state index contributed by atoms with van der Waals surface area (Å²) in [4.78, 5) is 16.9. The van der Waals surface area contributed by atoms with Gasteiger partial charge in [-0.25, -0.2) is 12.8 Å². The fourth-order valence-electron chi connectivity index (χ4n) is 3.83. The number of aromatic nitrogens is 2. The van der Waals surface area contributed by atoms with Crippen LogP contribution in [0.5, 0.6) is 0 Å². The number of benzene rings is 1. The third-order valence-corrected chi connectivity index (χ3v) is 8.69. The lowest BCUT2D eigenvalue weighted by molar-refractivity contribution is 0.102. The summed E-state index contributed by atoms with van der Waals surface area (Å²) in [5.74, 6) is -1.25. The number of hydrogen-bond acceptors (Lipinski definition) is 7. The Morgan fingerprint density at radius 2 is 2.10 bits per heavy atom. The SMILES string of the molecule is Cn1ccc(C(=O)Nc2ccc(F)c([C@]34COC[C@H]3S(=O)(=O)C(C)(C)C(N)=N4)c2)n1. The number of rotatable bonds is 3. The number of nitrogens with one attached hydrogen (secondary N) is 1. The van der Waals surface area contributed by atoms with Crippen molar-refractivity contribution in [2.24, 2.45) is 17.8 Å². The number of nitrogens with zero attached hydrogens (tertiary/aromatic N) is 3. The lowest BCUT2D eigenvalue weighted by atomic mass is 9.87. The number of ether oxygens (including phenoxy) is 1. The van der Waals surface area contributed by atoms with E-state index in [1.807, 2.05) is 0 Å². The number of hydrogen-bond donors (Lipinski definition) is 2. The maximum atomic E-state index is 14.9. The minimum atomic E-state index is -3.83. The van der Waals surface area contributed by atoms with Crippen LogP contribution in [0.4, 0.5) is 10.1 Å². The van der Waals surface area contributed by atoms with Gasteiger partial charge >= 0.3 is 0 Å². The number of amidine groups is 1. The zero-order valence-electron chi connectivity index (χ0n) is 16.7. The van der Waals surface area contributed by atoms with Gasteiger partial charge in [-0.05, 0) is 38.1 Å². The molecule has 1 aromatic carbocycles. The molecule has 3 N–H and O–H groups in total. The molecule has 2 aliphatic heterocycles. The van der Waals surface area contributed by atoms with E-state index in [2.05, 4.69) is 15.4 Å². The number of aliphatic imine (C=N–C) groups is 1. The lowest BCUT2D eigenvalue weighted by Gasteiger charge is -2.41. The lowest BCUT2D eigenvalue weighted by Crippen LogP contribution is -2.60. The Bertz CT molecular complexity index is 1170. The molecule has 9 nitrogen and oxygen atoms in total. The maximum Gasteiger partial charge on any atom is 0.276 e. The maximum absolute atomic E-state index is 14.9. The Morgan fingerprint density at radius 3 is 2.77 bits per heavy atom. The largest absolute Gasteiger partial charge is 0.386 e. The van der Waals surface area contributed by atoms with Crippen molar-refractivity contribution in [3.63, 3.8) is 0 Å². The molecule has 11 heteroatoms. The van der Waals surface area contributed by atoms with Crippen molar-refractivity contribution in [3.8, 4) is 0 Å². The molecule has 3 heterocycles. The molecule has 160 valence electrons. The zero-order chi connectivity index (χ0) is 21.9. The van der Waals surface area contributed by atoms with Crippen LogP contribution in [0.2, 0.25) is 0 Å². The smallest absolute Gasteiger partial charge is 0.276 e. The first-order chi connectivity index (χ1) is 14.0. The highest BCUT2D eigenvalue weighted by Gasteiger charge is 2.62. The summed E-state index contributed by atoms with van der Waals surface area (Å²) in [6.45, 7) is 2.70. The molecule has 0 bridgehead atoms. The minimum Gasteiger partial charge on any atom is -0.386 e. The second-order valence-electron chi connectivity index (χ2n) is 8.00. The van der Waals surface area contributed by atoms with Crippen LogP contribution in [0.25, 0.3) is 0 Å². The Kier molecular flexibility index (Phi) is 4.51. The topological polar surface area (TPSA) is 129 Å². The van der Waals surface area contributed by atoms with E-state index >= 15 is 0 Å². The number of carbonyl (C=O) groups excluding carboxylic acids is 1. The standard InChI is InChI=1S/C19H22FN5O4S/c1-18(2)17(21)23-19(10-29-9-15(19)30(18,27)28)12-8-11(4-5-13(12)20)22-16(26)14-6-7-25(3)24-14/h4-8,15H,9-10H2,1-3H3,(H2,21,23)(H,22,26)/t15-,19-/m1/s1. The number of halogens is 1. The summed E-state index contributed by atoms with van der Waals surface area (Å²) in [6, 6.07) is 5.46. The second-order valence-corrected chi connectivity index (χ2v) is 10.7. The monoisotopic (exact) mass is 435 g/mol. The van der Waals surface area contributed by atoms with Crippen LogP contribution < -0.4 is 11.1 Å². The van der Waals surface area contributed by atoms with Gasteiger partial charge in [-0.1, -0.05) is 0 Å². The Labute approximate surface area is 173 Å². The molecule has 0 spiro atoms. The Balaban J connectivity index is 1.79. The molecule has 0 saturated carbocycles. The van der Waals surface area contributed by atoms with E-state index in [9.17, 15) is 17.6 Å². The van der Waals surface area contributed by atoms with Crippen molar-refractivity contribution in [3.05, 3.63) is 47.5 Å². The molecular formula is C19H22FN5O4S. The van der Waals surface area contributed by atoms with Gasteiger partial charge in [-0.15, -0.1) is 0 Å². The number of sulfone groups is 1. The van der Waals surface area contributed by atoms with Crippen LogP contribution in [0.3, 0.4) is 0 Å². The van der Waals surface area contributed by atoms with E-state index in [0.717, 1.165) is 6.07 Å². The van der Waals surface area contributed by atoms with Gasteiger partial charge in [0.25, 0.3) is 5.91 Å². The second kappa shape index (κ2) is 6.61. The summed E-state index contributed by atoms with van der Waals surface area (Å²) < 4.78 is 46.9. The highest BCUT2D eigenvalue weighted by atomic mass is 32.2. The van der Waals surface area contributed by atoms with Gasteiger partial charge in [0.2, 0.25) is 0 Å². The van der Waals surface area contributed by atoms with Crippen molar-refractivity contribution in [1.29, 1.82) is 0 Å². The molecule has 0 aliphatic carbocycles. The Morgan fingerprint density at radius 1 is 1.37 bits per heavy atom. The van der Waals surface area contributed by atoms with Gasteiger partial charge in [0, 0.05) is 24.5 Å². The number of fused-ring (bicyclic) bond motifs is 1. The number of carbonyl (C=O) groups is 1. The van der Waals surface area contributed by atoms with E-state index in [1.165, 1.54) is 30.7 Å². The number of nitrogens with two attached hydrogens (primary N) is 1. The van der Waals surface area contributed by atoms with Gasteiger partial charge in [0.1, 0.15) is 27.2 Å². The molecule has 2 aromatic rings. The first kappa shape index (κ1) is 20.5. The van der Waals surface area contributed by atoms with Crippen molar-refractivity contribution in [2.75, 3.05) is 18.5 Å². The first-order valence-corrected chi connectivity index (χ1v) is 10.8. The molecule has 1 saturated heterocycles. The normalized spacial score (nSPS) is 26.7. The quantitative estimate of drug-likeness (QED) is 0.739. The fraction of sp³-hybridized carbons (Fsp3) is 0.421. The number of anilines is 1. The summed E-state index contributed by atoms with van der Waals surface area (Å²) in [5.41, 5.74) is 4.98. The van der Waals surface area contributed by atoms with Gasteiger partial charge < -0.3 is 15.8 Å². The number of aryl methyl sites for hydroxylation is 1. The summed E-state index contributed by atoms with van der Waals surface area (Å²) >= 11 is 0. The molecule has 4 rings (SSSR count). The minimum absolute atomic E-state index is 0.00541. The molecule has 2 atom stereocenters. The van der Waals surface area contributed by atoms with Crippen molar-refractivity contribution >= 4 is 27.3 Å². The number of amides is 1. The van der Waals surface area contributed by atoms with Crippen molar-refractivity contribution in [1.82, 2.24) is 9.78 Å². The molecule has 0 radical (unpaired) electrons. The fourth-order valence-corrected chi connectivity index (χ4v) is 5.92. The molecule has 1 aromatic heterocycles. The molecular weight excluding hydrogens is 413 g/mol. The van der Waals surface area contributed by atoms with Crippen LogP contribution in [0.1, 0.15) is 29.9 Å². The van der Waals surface area contributed by atoms with Crippen molar-refractivity contribution in [2.45, 2.75) is 29.4 Å². The molecule has 1 amide bonds. The van der Waals surface area contributed by atoms with Crippen LogP contribution in [-0.2, 0) is 27.2 Å². The summed E-state index contributed by atoms with van der Waals surface area (Å²) in [5, 5.41) is 5.58. The summed E-state index contributed by atoms with van der Waals surface area (Å²) in [7, 11) is -2.15. The highest BCUT2D eigenvalue weighted by Crippen LogP contribution is 2.47. The van der Waals surface area contributed by atoms with E-state index in [-0.39, 0.29) is 36.0 Å². The van der Waals surface area contributed by atoms with E-state index < -0.39 is 37.1 Å². The third-order valence-electron chi connectivity index (χ3n) is 5.78. The highest BCUT2D eigenvalue weighted by molar-refractivity contribution is 7.94. The van der Waals surface area contributed by atoms with Gasteiger partial charge in [-0.3, -0.25) is 14.5 Å². The zero-order valence-corrected chi connectivity index (χ0v) is 17.5. The third kappa shape index (κ3) is 2.83. The van der Waals surface area contributed by atoms with Crippen LogP contribution in [0.15, 0.2) is 35.5 Å². The molecule has 1 fully saturated rings. The molecule has 0 unspecified atom stereocenters.